The zero-order chi connectivity index (χ0) is 11.9. The molecule has 0 aromatic carbocycles. The Morgan fingerprint density at radius 1 is 1.35 bits per heavy atom. The van der Waals surface area contributed by atoms with Gasteiger partial charge in [0, 0.05) is 13.1 Å². The number of amides is 1. The van der Waals surface area contributed by atoms with Crippen molar-refractivity contribution in [1.82, 2.24) is 25.4 Å². The van der Waals surface area contributed by atoms with Crippen molar-refractivity contribution in [2.75, 3.05) is 26.2 Å². The maximum absolute atomic E-state index is 11.6. The molecule has 1 aliphatic rings. The third-order valence-corrected chi connectivity index (χ3v) is 3.04. The average molecular weight is 237 g/mol. The second-order valence-electron chi connectivity index (χ2n) is 4.35. The Morgan fingerprint density at radius 2 is 2.12 bits per heavy atom. The lowest BCUT2D eigenvalue weighted by molar-refractivity contribution is 0.0938. The van der Waals surface area contributed by atoms with Crippen LogP contribution in [-0.2, 0) is 0 Å². The molecule has 0 atom stereocenters. The van der Waals surface area contributed by atoms with Gasteiger partial charge in [0.1, 0.15) is 6.33 Å². The molecule has 2 rings (SSSR count). The summed E-state index contributed by atoms with van der Waals surface area (Å²) in [7, 11) is 0. The van der Waals surface area contributed by atoms with Crippen molar-refractivity contribution in [3.63, 3.8) is 0 Å². The summed E-state index contributed by atoms with van der Waals surface area (Å²) < 4.78 is 0. The van der Waals surface area contributed by atoms with E-state index in [-0.39, 0.29) is 11.7 Å². The van der Waals surface area contributed by atoms with E-state index in [1.54, 1.807) is 0 Å². The molecule has 0 bridgehead atoms. The fourth-order valence-electron chi connectivity index (χ4n) is 2.09. The van der Waals surface area contributed by atoms with Gasteiger partial charge in [-0.1, -0.05) is 12.8 Å². The van der Waals surface area contributed by atoms with Crippen molar-refractivity contribution in [3.8, 4) is 0 Å². The highest BCUT2D eigenvalue weighted by Crippen LogP contribution is 2.08. The van der Waals surface area contributed by atoms with Crippen LogP contribution in [0.5, 0.6) is 0 Å². The lowest BCUT2D eigenvalue weighted by atomic mass is 10.2. The van der Waals surface area contributed by atoms with Gasteiger partial charge in [-0.25, -0.2) is 4.98 Å². The number of aromatic nitrogens is 3. The first kappa shape index (κ1) is 12.0. The molecular weight excluding hydrogens is 218 g/mol. The molecule has 94 valence electrons. The zero-order valence-corrected chi connectivity index (χ0v) is 9.98. The minimum absolute atomic E-state index is 0.183. The van der Waals surface area contributed by atoms with Crippen molar-refractivity contribution in [2.45, 2.75) is 25.7 Å². The number of nitrogens with one attached hydrogen (secondary N) is 2. The number of likely N-dealkylation sites (tertiary alicyclic amines) is 1. The van der Waals surface area contributed by atoms with Crippen LogP contribution in [0.25, 0.3) is 0 Å². The first-order valence-corrected chi connectivity index (χ1v) is 6.22. The van der Waals surface area contributed by atoms with Crippen LogP contribution in [0.15, 0.2) is 6.33 Å². The average Bonchev–Trinajstić information content (AvgIpc) is 2.75. The zero-order valence-electron chi connectivity index (χ0n) is 9.98. The minimum Gasteiger partial charge on any atom is -0.348 e. The summed E-state index contributed by atoms with van der Waals surface area (Å²) in [5.41, 5.74) is 0. The molecule has 1 saturated heterocycles. The normalized spacial score (nSPS) is 17.6. The molecular formula is C11H19N5O. The Labute approximate surface area is 101 Å². The molecule has 1 aromatic rings. The van der Waals surface area contributed by atoms with E-state index in [9.17, 15) is 4.79 Å². The Kier molecular flexibility index (Phi) is 4.49. The van der Waals surface area contributed by atoms with Gasteiger partial charge in [0.2, 0.25) is 5.82 Å². The van der Waals surface area contributed by atoms with Crippen molar-refractivity contribution in [1.29, 1.82) is 0 Å². The lowest BCUT2D eigenvalue weighted by Crippen LogP contribution is -2.35. The Balaban J connectivity index is 1.66. The monoisotopic (exact) mass is 237 g/mol. The van der Waals surface area contributed by atoms with Crippen LogP contribution in [0.4, 0.5) is 0 Å². The topological polar surface area (TPSA) is 73.9 Å². The number of carbonyl (C=O) groups excluding carboxylic acids is 1. The van der Waals surface area contributed by atoms with Crippen LogP contribution in [0.3, 0.4) is 0 Å². The van der Waals surface area contributed by atoms with E-state index in [4.69, 9.17) is 0 Å². The Bertz CT molecular complexity index is 330. The van der Waals surface area contributed by atoms with E-state index < -0.39 is 0 Å². The number of nitrogens with zero attached hydrogens (tertiary/aromatic N) is 3. The molecule has 1 fully saturated rings. The molecule has 2 heterocycles. The quantitative estimate of drug-likeness (QED) is 0.795. The summed E-state index contributed by atoms with van der Waals surface area (Å²) in [6, 6.07) is 0. The van der Waals surface area contributed by atoms with Crippen LogP contribution in [-0.4, -0.2) is 52.2 Å². The van der Waals surface area contributed by atoms with Crippen molar-refractivity contribution in [2.24, 2.45) is 0 Å². The smallest absolute Gasteiger partial charge is 0.288 e. The fraction of sp³-hybridized carbons (Fsp3) is 0.727. The predicted octanol–water partition coefficient (Wildman–Crippen LogP) is 0.410. The molecule has 2 N–H and O–H groups in total. The number of aromatic amines is 1. The van der Waals surface area contributed by atoms with Gasteiger partial charge in [-0.3, -0.25) is 9.89 Å². The highest BCUT2D eigenvalue weighted by atomic mass is 16.2. The van der Waals surface area contributed by atoms with Gasteiger partial charge in [0.15, 0.2) is 0 Å². The van der Waals surface area contributed by atoms with Crippen LogP contribution in [0, 0.1) is 0 Å². The molecule has 0 unspecified atom stereocenters. The summed E-state index contributed by atoms with van der Waals surface area (Å²) in [6.45, 7) is 3.88. The van der Waals surface area contributed by atoms with E-state index in [1.807, 2.05) is 0 Å². The standard InChI is InChI=1S/C11H19N5O/c17-11(10-13-9-14-15-10)12-5-8-16-6-3-1-2-4-7-16/h9H,1-8H2,(H,12,17)(H,13,14,15). The van der Waals surface area contributed by atoms with E-state index in [1.165, 1.54) is 32.0 Å². The molecule has 1 aromatic heterocycles. The van der Waals surface area contributed by atoms with Crippen LogP contribution in [0.1, 0.15) is 36.3 Å². The summed E-state index contributed by atoms with van der Waals surface area (Å²) in [6.07, 6.45) is 6.55. The summed E-state index contributed by atoms with van der Waals surface area (Å²) >= 11 is 0. The molecule has 0 saturated carbocycles. The van der Waals surface area contributed by atoms with Crippen molar-refractivity contribution >= 4 is 5.91 Å². The van der Waals surface area contributed by atoms with Gasteiger partial charge < -0.3 is 10.2 Å². The predicted molar refractivity (Wildman–Crippen MR) is 63.6 cm³/mol. The molecule has 0 aliphatic carbocycles. The molecule has 0 spiro atoms. The largest absolute Gasteiger partial charge is 0.348 e. The fourth-order valence-corrected chi connectivity index (χ4v) is 2.09. The van der Waals surface area contributed by atoms with Crippen LogP contribution in [0.2, 0.25) is 0 Å². The molecule has 6 heteroatoms. The highest BCUT2D eigenvalue weighted by Gasteiger charge is 2.10. The second-order valence-corrected chi connectivity index (χ2v) is 4.35. The van der Waals surface area contributed by atoms with E-state index >= 15 is 0 Å². The maximum atomic E-state index is 11.6. The minimum atomic E-state index is -0.183. The Hall–Kier alpha value is -1.43. The molecule has 6 nitrogen and oxygen atoms in total. The lowest BCUT2D eigenvalue weighted by Gasteiger charge is -2.19. The van der Waals surface area contributed by atoms with Gasteiger partial charge in [0.05, 0.1) is 0 Å². The highest BCUT2D eigenvalue weighted by molar-refractivity contribution is 5.90. The van der Waals surface area contributed by atoms with Gasteiger partial charge in [-0.15, -0.1) is 0 Å². The number of H-pyrrole nitrogens is 1. The number of rotatable bonds is 4. The van der Waals surface area contributed by atoms with Gasteiger partial charge in [-0.05, 0) is 25.9 Å². The van der Waals surface area contributed by atoms with E-state index in [2.05, 4.69) is 25.4 Å². The Morgan fingerprint density at radius 3 is 2.76 bits per heavy atom. The summed E-state index contributed by atoms with van der Waals surface area (Å²) in [4.78, 5) is 17.8. The molecule has 1 aliphatic heterocycles. The summed E-state index contributed by atoms with van der Waals surface area (Å²) in [5, 5.41) is 9.03. The van der Waals surface area contributed by atoms with Crippen LogP contribution < -0.4 is 5.32 Å². The van der Waals surface area contributed by atoms with Crippen molar-refractivity contribution < 1.29 is 4.79 Å². The van der Waals surface area contributed by atoms with Crippen LogP contribution >= 0.6 is 0 Å². The molecule has 17 heavy (non-hydrogen) atoms. The molecule has 0 radical (unpaired) electrons. The maximum Gasteiger partial charge on any atom is 0.288 e. The number of hydrogen-bond donors (Lipinski definition) is 2. The molecule has 1 amide bonds. The van der Waals surface area contributed by atoms with Gasteiger partial charge in [-0.2, -0.15) is 5.10 Å². The SMILES string of the molecule is O=C(NCCN1CCCCCC1)c1ncn[nH]1. The first-order valence-electron chi connectivity index (χ1n) is 6.22. The third kappa shape index (κ3) is 3.81. The van der Waals surface area contributed by atoms with Gasteiger partial charge in [0.25, 0.3) is 5.91 Å². The number of hydrogen-bond acceptors (Lipinski definition) is 4. The second kappa shape index (κ2) is 6.34. The first-order chi connectivity index (χ1) is 8.36. The van der Waals surface area contributed by atoms with Crippen molar-refractivity contribution in [3.05, 3.63) is 12.2 Å². The van der Waals surface area contributed by atoms with Gasteiger partial charge >= 0.3 is 0 Å². The van der Waals surface area contributed by atoms with E-state index in [0.29, 0.717) is 6.54 Å². The number of carbonyl (C=O) groups is 1. The summed E-state index contributed by atoms with van der Waals surface area (Å²) in [5.74, 6) is 0.0955. The van der Waals surface area contributed by atoms with E-state index in [0.717, 1.165) is 19.6 Å². The third-order valence-electron chi connectivity index (χ3n) is 3.04.